The first-order chi connectivity index (χ1) is 21.1. The SMILES string of the molecule is CC(C)c1cnn2c(NC3CCN(C(=O)OCC4(F)CN(C/C=C/CN(C)C)C4)CC3)nc(N[C@H](C)c3ccncc3)nc12. The van der Waals surface area contributed by atoms with E-state index < -0.39 is 11.8 Å². The van der Waals surface area contributed by atoms with Gasteiger partial charge in [-0.05, 0) is 57.5 Å². The quantitative estimate of drug-likeness (QED) is 0.293. The van der Waals surface area contributed by atoms with Crippen molar-refractivity contribution >= 4 is 23.6 Å². The van der Waals surface area contributed by atoms with Gasteiger partial charge in [0.25, 0.3) is 0 Å². The summed E-state index contributed by atoms with van der Waals surface area (Å²) >= 11 is 0. The molecule has 2 aliphatic rings. The molecule has 2 N–H and O–H groups in total. The van der Waals surface area contributed by atoms with Gasteiger partial charge in [-0.2, -0.15) is 19.6 Å². The van der Waals surface area contributed by atoms with Gasteiger partial charge in [-0.3, -0.25) is 9.88 Å². The number of hydrogen-bond acceptors (Lipinski definition) is 10. The highest BCUT2D eigenvalue weighted by molar-refractivity contribution is 5.68. The lowest BCUT2D eigenvalue weighted by molar-refractivity contribution is -0.0692. The van der Waals surface area contributed by atoms with E-state index >= 15 is 4.39 Å². The lowest BCUT2D eigenvalue weighted by atomic mass is 9.97. The molecule has 1 atom stereocenters. The number of likely N-dealkylation sites (N-methyl/N-ethyl adjacent to an activating group) is 1. The summed E-state index contributed by atoms with van der Waals surface area (Å²) in [6.45, 7) is 9.19. The van der Waals surface area contributed by atoms with Gasteiger partial charge in [0.15, 0.2) is 11.3 Å². The minimum Gasteiger partial charge on any atom is -0.446 e. The molecule has 2 aliphatic heterocycles. The molecular formula is C31H45FN10O2. The highest BCUT2D eigenvalue weighted by Gasteiger charge is 2.44. The number of halogens is 1. The van der Waals surface area contributed by atoms with Crippen LogP contribution in [0.15, 0.2) is 42.9 Å². The number of aromatic nitrogens is 5. The molecule has 3 aromatic rings. The van der Waals surface area contributed by atoms with Gasteiger partial charge in [0.2, 0.25) is 11.9 Å². The molecule has 12 nitrogen and oxygen atoms in total. The van der Waals surface area contributed by atoms with Crippen LogP contribution >= 0.6 is 0 Å². The van der Waals surface area contributed by atoms with E-state index in [9.17, 15) is 4.79 Å². The zero-order valence-electron chi connectivity index (χ0n) is 26.4. The third-order valence-corrected chi connectivity index (χ3v) is 8.12. The molecule has 2 saturated heterocycles. The molecule has 44 heavy (non-hydrogen) atoms. The molecule has 0 spiro atoms. The second-order valence-corrected chi connectivity index (χ2v) is 12.5. The monoisotopic (exact) mass is 608 g/mol. The molecule has 238 valence electrons. The Balaban J connectivity index is 1.14. The van der Waals surface area contributed by atoms with E-state index in [4.69, 9.17) is 14.7 Å². The number of fused-ring (bicyclic) bond motifs is 1. The maximum absolute atomic E-state index is 15.0. The number of rotatable bonds is 12. The predicted octanol–water partition coefficient (Wildman–Crippen LogP) is 3.97. The van der Waals surface area contributed by atoms with Crippen molar-refractivity contribution in [3.8, 4) is 0 Å². The highest BCUT2D eigenvalue weighted by atomic mass is 19.1. The van der Waals surface area contributed by atoms with Crippen LogP contribution in [0, 0.1) is 0 Å². The van der Waals surface area contributed by atoms with Crippen molar-refractivity contribution in [3.63, 3.8) is 0 Å². The van der Waals surface area contributed by atoms with Crippen molar-refractivity contribution in [1.82, 2.24) is 39.3 Å². The third-order valence-electron chi connectivity index (χ3n) is 8.12. The van der Waals surface area contributed by atoms with E-state index in [0.717, 1.165) is 23.3 Å². The number of nitrogens with zero attached hydrogens (tertiary/aromatic N) is 8. The highest BCUT2D eigenvalue weighted by Crippen LogP contribution is 2.27. The number of carbonyl (C=O) groups excluding carboxylic acids is 1. The van der Waals surface area contributed by atoms with Crippen LogP contribution in [0.25, 0.3) is 5.65 Å². The van der Waals surface area contributed by atoms with Crippen molar-refractivity contribution in [2.45, 2.75) is 57.3 Å². The Kier molecular flexibility index (Phi) is 9.94. The number of amides is 1. The molecule has 1 amide bonds. The summed E-state index contributed by atoms with van der Waals surface area (Å²) in [4.78, 5) is 32.2. The van der Waals surface area contributed by atoms with Crippen LogP contribution in [-0.4, -0.2) is 117 Å². The van der Waals surface area contributed by atoms with Crippen molar-refractivity contribution < 1.29 is 13.9 Å². The molecular weight excluding hydrogens is 563 g/mol. The molecule has 0 aromatic carbocycles. The molecule has 2 fully saturated rings. The number of alkyl halides is 1. The van der Waals surface area contributed by atoms with Gasteiger partial charge in [0.05, 0.1) is 12.2 Å². The number of hydrogen-bond donors (Lipinski definition) is 2. The lowest BCUT2D eigenvalue weighted by Crippen LogP contribution is -2.61. The second-order valence-electron chi connectivity index (χ2n) is 12.5. The maximum Gasteiger partial charge on any atom is 0.409 e. The molecule has 0 radical (unpaired) electrons. The minimum atomic E-state index is -1.48. The number of nitrogens with one attached hydrogen (secondary N) is 2. The van der Waals surface area contributed by atoms with Gasteiger partial charge < -0.3 is 25.2 Å². The number of piperidine rings is 1. The Hall–Kier alpha value is -3.84. The van der Waals surface area contributed by atoms with E-state index in [-0.39, 0.29) is 37.7 Å². The minimum absolute atomic E-state index is 0.0237. The molecule has 0 aliphatic carbocycles. The summed E-state index contributed by atoms with van der Waals surface area (Å²) in [7, 11) is 4.01. The van der Waals surface area contributed by atoms with E-state index in [1.54, 1.807) is 21.8 Å². The first-order valence-electron chi connectivity index (χ1n) is 15.4. The van der Waals surface area contributed by atoms with Gasteiger partial charge in [0, 0.05) is 63.3 Å². The summed E-state index contributed by atoms with van der Waals surface area (Å²) in [5, 5.41) is 11.5. The van der Waals surface area contributed by atoms with Gasteiger partial charge in [-0.15, -0.1) is 0 Å². The summed E-state index contributed by atoms with van der Waals surface area (Å²) in [5.74, 6) is 1.34. The third kappa shape index (κ3) is 7.81. The first kappa shape index (κ1) is 31.6. The van der Waals surface area contributed by atoms with E-state index in [0.29, 0.717) is 44.4 Å². The van der Waals surface area contributed by atoms with Crippen LogP contribution in [0.2, 0.25) is 0 Å². The maximum atomic E-state index is 15.0. The topological polar surface area (TPSA) is 116 Å². The fraction of sp³-hybridized carbons (Fsp3) is 0.581. The van der Waals surface area contributed by atoms with Crippen molar-refractivity contribution in [2.24, 2.45) is 0 Å². The molecule has 0 saturated carbocycles. The standard InChI is InChI=1S/C31H45FN10O2/c1-22(2)26-18-34-42-27(26)37-28(35-23(3)24-8-12-33-13-9-24)38-29(42)36-25-10-16-41(17-11-25)30(43)44-21-31(32)19-40(20-31)15-7-6-14-39(4)5/h6-9,12-13,18,22-23,25H,10-11,14-17,19-21H2,1-5H3,(H2,35,36,37,38)/b7-6+/t23-/m1/s1. The van der Waals surface area contributed by atoms with Crippen LogP contribution in [0.4, 0.5) is 21.1 Å². The van der Waals surface area contributed by atoms with E-state index in [1.807, 2.05) is 43.4 Å². The molecule has 3 aromatic heterocycles. The average Bonchev–Trinajstić information content (AvgIpc) is 3.42. The number of likely N-dealkylation sites (tertiary alicyclic amines) is 2. The van der Waals surface area contributed by atoms with Crippen LogP contribution < -0.4 is 10.6 Å². The molecule has 13 heteroatoms. The summed E-state index contributed by atoms with van der Waals surface area (Å²) in [6, 6.07) is 3.98. The molecule has 0 unspecified atom stereocenters. The van der Waals surface area contributed by atoms with Crippen LogP contribution in [0.3, 0.4) is 0 Å². The van der Waals surface area contributed by atoms with Gasteiger partial charge >= 0.3 is 6.09 Å². The normalized spacial score (nSPS) is 18.2. The average molecular weight is 609 g/mol. The summed E-state index contributed by atoms with van der Waals surface area (Å²) in [5.41, 5.74) is 1.38. The zero-order chi connectivity index (χ0) is 31.3. The summed E-state index contributed by atoms with van der Waals surface area (Å²) in [6.07, 6.45) is 10.4. The zero-order valence-corrected chi connectivity index (χ0v) is 26.4. The first-order valence-corrected chi connectivity index (χ1v) is 15.4. The van der Waals surface area contributed by atoms with Crippen molar-refractivity contribution in [3.05, 3.63) is 54.0 Å². The fourth-order valence-corrected chi connectivity index (χ4v) is 5.54. The van der Waals surface area contributed by atoms with E-state index in [2.05, 4.69) is 52.5 Å². The lowest BCUT2D eigenvalue weighted by Gasteiger charge is -2.43. The Morgan fingerprint density at radius 3 is 2.57 bits per heavy atom. The Bertz CT molecular complexity index is 1420. The Morgan fingerprint density at radius 1 is 1.16 bits per heavy atom. The van der Waals surface area contributed by atoms with Crippen LogP contribution in [0.1, 0.15) is 56.7 Å². The number of carbonyl (C=O) groups is 1. The van der Waals surface area contributed by atoms with Crippen molar-refractivity contribution in [1.29, 1.82) is 0 Å². The summed E-state index contributed by atoms with van der Waals surface area (Å²) < 4.78 is 22.2. The number of pyridine rings is 1. The van der Waals surface area contributed by atoms with Gasteiger partial charge in [-0.25, -0.2) is 9.18 Å². The Morgan fingerprint density at radius 2 is 1.89 bits per heavy atom. The number of anilines is 2. The molecule has 5 heterocycles. The number of ether oxygens (including phenoxy) is 1. The fourth-order valence-electron chi connectivity index (χ4n) is 5.54. The van der Waals surface area contributed by atoms with Crippen LogP contribution in [0.5, 0.6) is 0 Å². The van der Waals surface area contributed by atoms with Crippen molar-refractivity contribution in [2.75, 3.05) is 70.6 Å². The van der Waals surface area contributed by atoms with Gasteiger partial charge in [0.1, 0.15) is 6.61 Å². The van der Waals surface area contributed by atoms with E-state index in [1.165, 1.54) is 0 Å². The Labute approximate surface area is 258 Å². The predicted molar refractivity (Wildman–Crippen MR) is 169 cm³/mol. The largest absolute Gasteiger partial charge is 0.446 e. The molecule has 0 bridgehead atoms. The molecule has 5 rings (SSSR count). The smallest absolute Gasteiger partial charge is 0.409 e. The second kappa shape index (κ2) is 13.9. The van der Waals surface area contributed by atoms with Gasteiger partial charge in [-0.1, -0.05) is 26.0 Å². The van der Waals surface area contributed by atoms with Crippen LogP contribution in [-0.2, 0) is 4.74 Å².